The van der Waals surface area contributed by atoms with Crippen LogP contribution in [0.25, 0.3) is 0 Å². The van der Waals surface area contributed by atoms with Gasteiger partial charge in [0.05, 0.1) is 12.2 Å². The van der Waals surface area contributed by atoms with E-state index in [9.17, 15) is 9.18 Å². The lowest BCUT2D eigenvalue weighted by Gasteiger charge is -2.36. The molecule has 0 unspecified atom stereocenters. The Balaban J connectivity index is 1.47. The summed E-state index contributed by atoms with van der Waals surface area (Å²) in [6.07, 6.45) is 4.72. The molecule has 0 spiro atoms. The topological polar surface area (TPSA) is 69.5 Å². The Morgan fingerprint density at radius 1 is 1.31 bits per heavy atom. The van der Waals surface area contributed by atoms with Crippen LogP contribution < -0.4 is 4.74 Å². The van der Waals surface area contributed by atoms with E-state index >= 15 is 0 Å². The van der Waals surface area contributed by atoms with Gasteiger partial charge >= 0.3 is 0 Å². The predicted molar refractivity (Wildman–Crippen MR) is 89.9 cm³/mol. The molecular weight excluding hydrogens is 339 g/mol. The number of fused-ring (bicyclic) bond motifs is 1. The largest absolute Gasteiger partial charge is 0.473 e. The van der Waals surface area contributed by atoms with E-state index in [2.05, 4.69) is 10.1 Å². The first kappa shape index (κ1) is 17.0. The van der Waals surface area contributed by atoms with Crippen LogP contribution in [0, 0.1) is 11.7 Å². The number of nitrogens with zero attached hydrogens (tertiary/aromatic N) is 4. The summed E-state index contributed by atoms with van der Waals surface area (Å²) in [5, 5.41) is 4.34. The molecule has 2 aliphatic heterocycles. The highest BCUT2D eigenvalue weighted by molar-refractivity contribution is 5.79. The summed E-state index contributed by atoms with van der Waals surface area (Å²) in [7, 11) is 0. The number of hydrogen-bond donors (Lipinski definition) is 0. The van der Waals surface area contributed by atoms with Crippen molar-refractivity contribution in [3.63, 3.8) is 0 Å². The van der Waals surface area contributed by atoms with Crippen LogP contribution in [0.15, 0.2) is 30.6 Å². The van der Waals surface area contributed by atoms with E-state index in [0.717, 1.165) is 18.5 Å². The maximum absolute atomic E-state index is 13.7. The molecule has 0 saturated carbocycles. The molecule has 8 heteroatoms. The molecule has 1 fully saturated rings. The van der Waals surface area contributed by atoms with E-state index in [1.807, 2.05) is 15.6 Å². The number of ether oxygens (including phenoxy) is 2. The minimum absolute atomic E-state index is 0.00743. The minimum Gasteiger partial charge on any atom is -0.473 e. The normalized spacial score (nSPS) is 20.7. The van der Waals surface area contributed by atoms with Crippen molar-refractivity contribution in [2.75, 3.05) is 26.4 Å². The van der Waals surface area contributed by atoms with Crippen LogP contribution in [-0.2, 0) is 16.1 Å². The molecule has 2 aromatic heterocycles. The molecule has 1 saturated heterocycles. The van der Waals surface area contributed by atoms with Gasteiger partial charge < -0.3 is 14.4 Å². The molecule has 138 valence electrons. The van der Waals surface area contributed by atoms with E-state index in [4.69, 9.17) is 9.47 Å². The van der Waals surface area contributed by atoms with Crippen molar-refractivity contribution in [1.82, 2.24) is 19.7 Å². The Morgan fingerprint density at radius 3 is 2.96 bits per heavy atom. The molecule has 2 aromatic rings. The third-order valence-corrected chi connectivity index (χ3v) is 4.90. The van der Waals surface area contributed by atoms with Crippen LogP contribution in [0.4, 0.5) is 4.39 Å². The standard InChI is InChI=1S/C18H21FN4O3/c19-16-2-1-6-20-17(16)26-12-15-11-22(10-14-3-7-21-23(14)15)18(24)13-4-8-25-9-5-13/h1-3,6-7,13,15H,4-5,8-12H2/t15-/m1/s1. The Hall–Kier alpha value is -2.48. The second-order valence-electron chi connectivity index (χ2n) is 6.63. The molecular formula is C18H21FN4O3. The Kier molecular flexibility index (Phi) is 4.83. The van der Waals surface area contributed by atoms with Crippen LogP contribution in [-0.4, -0.2) is 51.9 Å². The van der Waals surface area contributed by atoms with Gasteiger partial charge in [-0.2, -0.15) is 5.10 Å². The van der Waals surface area contributed by atoms with Crippen LogP contribution in [0.5, 0.6) is 5.88 Å². The van der Waals surface area contributed by atoms with Gasteiger partial charge in [-0.05, 0) is 31.0 Å². The van der Waals surface area contributed by atoms with E-state index in [0.29, 0.717) is 26.3 Å². The Morgan fingerprint density at radius 2 is 2.15 bits per heavy atom. The molecule has 4 heterocycles. The average molecular weight is 360 g/mol. The van der Waals surface area contributed by atoms with Crippen molar-refractivity contribution in [2.45, 2.75) is 25.4 Å². The monoisotopic (exact) mass is 360 g/mol. The Labute approximate surface area is 150 Å². The molecule has 0 aliphatic carbocycles. The van der Waals surface area contributed by atoms with Gasteiger partial charge in [0, 0.05) is 38.1 Å². The lowest BCUT2D eigenvalue weighted by atomic mass is 9.98. The Bertz CT molecular complexity index is 775. The average Bonchev–Trinajstić information content (AvgIpc) is 3.16. The smallest absolute Gasteiger partial charge is 0.250 e. The highest BCUT2D eigenvalue weighted by Crippen LogP contribution is 2.26. The number of rotatable bonds is 4. The first-order valence-corrected chi connectivity index (χ1v) is 8.84. The van der Waals surface area contributed by atoms with Gasteiger partial charge in [0.25, 0.3) is 0 Å². The maximum atomic E-state index is 13.7. The lowest BCUT2D eigenvalue weighted by molar-refractivity contribution is -0.141. The summed E-state index contributed by atoms with van der Waals surface area (Å²) in [5.41, 5.74) is 0.951. The maximum Gasteiger partial charge on any atom is 0.250 e. The quantitative estimate of drug-likeness (QED) is 0.832. The summed E-state index contributed by atoms with van der Waals surface area (Å²) in [6.45, 7) is 2.48. The van der Waals surface area contributed by atoms with Crippen LogP contribution in [0.3, 0.4) is 0 Å². The summed E-state index contributed by atoms with van der Waals surface area (Å²) in [6, 6.07) is 4.54. The van der Waals surface area contributed by atoms with Gasteiger partial charge in [-0.1, -0.05) is 0 Å². The van der Waals surface area contributed by atoms with E-state index in [1.54, 1.807) is 6.20 Å². The highest BCUT2D eigenvalue weighted by atomic mass is 19.1. The second kappa shape index (κ2) is 7.41. The van der Waals surface area contributed by atoms with Gasteiger partial charge in [-0.3, -0.25) is 9.48 Å². The fourth-order valence-electron chi connectivity index (χ4n) is 3.53. The van der Waals surface area contributed by atoms with Crippen molar-refractivity contribution >= 4 is 5.91 Å². The number of aromatic nitrogens is 3. The molecule has 0 bridgehead atoms. The van der Waals surface area contributed by atoms with Crippen molar-refractivity contribution in [2.24, 2.45) is 5.92 Å². The minimum atomic E-state index is -0.501. The fourth-order valence-corrected chi connectivity index (χ4v) is 3.53. The van der Waals surface area contributed by atoms with Gasteiger partial charge in [0.1, 0.15) is 12.6 Å². The third kappa shape index (κ3) is 3.41. The van der Waals surface area contributed by atoms with Gasteiger partial charge in [-0.25, -0.2) is 9.37 Å². The molecule has 7 nitrogen and oxygen atoms in total. The zero-order valence-electron chi connectivity index (χ0n) is 14.4. The number of carbonyl (C=O) groups is 1. The molecule has 0 radical (unpaired) electrons. The number of amides is 1. The first-order valence-electron chi connectivity index (χ1n) is 8.84. The summed E-state index contributed by atoms with van der Waals surface area (Å²) >= 11 is 0. The van der Waals surface area contributed by atoms with Gasteiger partial charge in [0.15, 0.2) is 5.82 Å². The number of halogens is 1. The summed E-state index contributed by atoms with van der Waals surface area (Å²) in [4.78, 5) is 18.7. The molecule has 26 heavy (non-hydrogen) atoms. The van der Waals surface area contributed by atoms with Crippen molar-refractivity contribution in [3.05, 3.63) is 42.1 Å². The van der Waals surface area contributed by atoms with Crippen molar-refractivity contribution in [3.8, 4) is 5.88 Å². The van der Waals surface area contributed by atoms with Crippen LogP contribution in [0.2, 0.25) is 0 Å². The van der Waals surface area contributed by atoms with E-state index < -0.39 is 5.82 Å². The number of carbonyl (C=O) groups excluding carboxylic acids is 1. The first-order chi connectivity index (χ1) is 12.7. The molecule has 4 rings (SSSR count). The van der Waals surface area contributed by atoms with E-state index in [-0.39, 0.29) is 30.4 Å². The van der Waals surface area contributed by atoms with Crippen LogP contribution >= 0.6 is 0 Å². The zero-order valence-corrected chi connectivity index (χ0v) is 14.4. The zero-order chi connectivity index (χ0) is 17.9. The third-order valence-electron chi connectivity index (χ3n) is 4.90. The van der Waals surface area contributed by atoms with Gasteiger partial charge in [-0.15, -0.1) is 0 Å². The summed E-state index contributed by atoms with van der Waals surface area (Å²) in [5.74, 6) is -0.379. The SMILES string of the molecule is O=C(C1CCOCC1)N1Cc2ccnn2[C@@H](COc2ncccc2F)C1. The second-order valence-corrected chi connectivity index (χ2v) is 6.63. The van der Waals surface area contributed by atoms with Crippen molar-refractivity contribution < 1.29 is 18.7 Å². The number of pyridine rings is 1. The van der Waals surface area contributed by atoms with E-state index in [1.165, 1.54) is 18.3 Å². The van der Waals surface area contributed by atoms with Crippen molar-refractivity contribution in [1.29, 1.82) is 0 Å². The molecule has 0 N–H and O–H groups in total. The molecule has 1 atom stereocenters. The molecule has 1 amide bonds. The molecule has 2 aliphatic rings. The lowest BCUT2D eigenvalue weighted by Crippen LogP contribution is -2.46. The molecule has 0 aromatic carbocycles. The van der Waals surface area contributed by atoms with Crippen LogP contribution in [0.1, 0.15) is 24.6 Å². The number of hydrogen-bond acceptors (Lipinski definition) is 5. The fraction of sp³-hybridized carbons (Fsp3) is 0.500. The summed E-state index contributed by atoms with van der Waals surface area (Å²) < 4.78 is 26.5. The predicted octanol–water partition coefficient (Wildman–Crippen LogP) is 1.81. The van der Waals surface area contributed by atoms with Gasteiger partial charge in [0.2, 0.25) is 11.8 Å². The highest BCUT2D eigenvalue weighted by Gasteiger charge is 2.33.